The zero-order valence-electron chi connectivity index (χ0n) is 24.0. The number of benzene rings is 2. The van der Waals surface area contributed by atoms with E-state index in [1.165, 1.54) is 7.11 Å². The van der Waals surface area contributed by atoms with E-state index in [1.807, 2.05) is 61.5 Å². The van der Waals surface area contributed by atoms with E-state index in [2.05, 4.69) is 0 Å². The number of Topliss-reactive ketones (excluding diaryl/α,β-unsaturated/α-hetero) is 1. The highest BCUT2D eigenvalue weighted by Gasteiger charge is 2.44. The number of cyclic esters (lactones) is 1. The highest BCUT2D eigenvalue weighted by Crippen LogP contribution is 2.30. The summed E-state index contributed by atoms with van der Waals surface area (Å²) in [6, 6.07) is 18.3. The molecule has 10 heteroatoms. The van der Waals surface area contributed by atoms with E-state index >= 15 is 0 Å². The number of rotatable bonds is 16. The van der Waals surface area contributed by atoms with Gasteiger partial charge < -0.3 is 28.5 Å². The molecule has 2 heterocycles. The molecule has 1 aliphatic heterocycles. The molecule has 0 radical (unpaired) electrons. The van der Waals surface area contributed by atoms with Crippen LogP contribution in [0.15, 0.2) is 65.1 Å². The lowest BCUT2D eigenvalue weighted by molar-refractivity contribution is -0.137. The maximum Gasteiger partial charge on any atom is 0.417 e. The summed E-state index contributed by atoms with van der Waals surface area (Å²) in [7, 11) is 1.25. The Morgan fingerprint density at radius 2 is 1.79 bits per heavy atom. The molecule has 0 saturated carbocycles. The molecule has 1 fully saturated rings. The SMILES string of the molecule is COC(C(=O)c1cc(-c2cccc(C)c2)c(CCCOCCOCCO)o1)C(=O)N1C(=O)OCC1Cc1ccccc1. The Morgan fingerprint density at radius 1 is 1.02 bits per heavy atom. The summed E-state index contributed by atoms with van der Waals surface area (Å²) in [6.45, 7) is 3.47. The van der Waals surface area contributed by atoms with Gasteiger partial charge in [0.05, 0.1) is 32.5 Å². The van der Waals surface area contributed by atoms with E-state index in [1.54, 1.807) is 6.07 Å². The molecule has 42 heavy (non-hydrogen) atoms. The second-order valence-electron chi connectivity index (χ2n) is 9.98. The van der Waals surface area contributed by atoms with Crippen molar-refractivity contribution < 1.29 is 42.9 Å². The van der Waals surface area contributed by atoms with E-state index in [9.17, 15) is 14.4 Å². The number of hydrogen-bond acceptors (Lipinski definition) is 9. The van der Waals surface area contributed by atoms with Gasteiger partial charge in [0.2, 0.25) is 11.9 Å². The van der Waals surface area contributed by atoms with Crippen LogP contribution in [0, 0.1) is 6.92 Å². The third-order valence-electron chi connectivity index (χ3n) is 6.89. The number of furan rings is 1. The van der Waals surface area contributed by atoms with E-state index < -0.39 is 29.9 Å². The van der Waals surface area contributed by atoms with Gasteiger partial charge in [-0.3, -0.25) is 9.59 Å². The molecular weight excluding hydrogens is 542 g/mol. The number of methoxy groups -OCH3 is 1. The van der Waals surface area contributed by atoms with E-state index in [0.717, 1.165) is 27.2 Å². The minimum Gasteiger partial charge on any atom is -0.457 e. The number of ketones is 1. The van der Waals surface area contributed by atoms with Crippen LogP contribution in [0.3, 0.4) is 0 Å². The van der Waals surface area contributed by atoms with Crippen molar-refractivity contribution in [1.82, 2.24) is 4.90 Å². The van der Waals surface area contributed by atoms with Crippen LogP contribution in [0.1, 0.15) is 33.9 Å². The summed E-state index contributed by atoms with van der Waals surface area (Å²) >= 11 is 0. The molecule has 0 spiro atoms. The highest BCUT2D eigenvalue weighted by molar-refractivity contribution is 6.14. The first-order chi connectivity index (χ1) is 20.4. The molecule has 1 aromatic heterocycles. The number of nitrogens with zero attached hydrogens (tertiary/aromatic N) is 1. The molecule has 1 aliphatic rings. The van der Waals surface area contributed by atoms with Crippen molar-refractivity contribution in [3.05, 3.63) is 83.3 Å². The number of amides is 2. The van der Waals surface area contributed by atoms with Gasteiger partial charge >= 0.3 is 6.09 Å². The second kappa shape index (κ2) is 15.4. The van der Waals surface area contributed by atoms with Crippen LogP contribution in [-0.2, 0) is 36.6 Å². The quantitative estimate of drug-likeness (QED) is 0.152. The summed E-state index contributed by atoms with van der Waals surface area (Å²) < 4.78 is 27.4. The average molecular weight is 580 g/mol. The topological polar surface area (TPSA) is 125 Å². The molecule has 2 unspecified atom stereocenters. The third kappa shape index (κ3) is 7.92. The van der Waals surface area contributed by atoms with Crippen LogP contribution in [-0.4, -0.2) is 86.7 Å². The van der Waals surface area contributed by atoms with Gasteiger partial charge in [-0.05, 0) is 37.0 Å². The second-order valence-corrected chi connectivity index (χ2v) is 9.98. The Morgan fingerprint density at radius 3 is 2.50 bits per heavy atom. The maximum absolute atomic E-state index is 13.6. The number of aliphatic hydroxyl groups excluding tert-OH is 1. The first-order valence-corrected chi connectivity index (χ1v) is 14.0. The number of aryl methyl sites for hydroxylation is 2. The lowest BCUT2D eigenvalue weighted by atomic mass is 10.0. The maximum atomic E-state index is 13.6. The number of carbonyl (C=O) groups excluding carboxylic acids is 3. The van der Waals surface area contributed by atoms with Crippen molar-refractivity contribution in [2.45, 2.75) is 38.3 Å². The van der Waals surface area contributed by atoms with Gasteiger partial charge in [0.1, 0.15) is 12.4 Å². The molecule has 3 aromatic rings. The number of carbonyl (C=O) groups is 3. The standard InChI is InChI=1S/C32H37NO9/c1-22-8-6-11-24(18-22)26-20-28(42-27(26)12-7-14-39-16-17-40-15-13-34)29(35)30(38-2)31(36)33-25(21-41-32(33)37)19-23-9-4-3-5-10-23/h3-6,8-11,18,20,25,30,34H,7,12-17,19,21H2,1-2H3. The number of imide groups is 1. The summed E-state index contributed by atoms with van der Waals surface area (Å²) in [4.78, 5) is 40.7. The van der Waals surface area contributed by atoms with E-state index in [0.29, 0.717) is 44.8 Å². The summed E-state index contributed by atoms with van der Waals surface area (Å²) in [6.07, 6.45) is -0.898. The Kier molecular flexibility index (Phi) is 11.4. The molecule has 2 atom stereocenters. The van der Waals surface area contributed by atoms with E-state index in [-0.39, 0.29) is 25.6 Å². The van der Waals surface area contributed by atoms with Crippen molar-refractivity contribution in [2.75, 3.05) is 46.8 Å². The van der Waals surface area contributed by atoms with Crippen LogP contribution < -0.4 is 0 Å². The molecule has 10 nitrogen and oxygen atoms in total. The van der Waals surface area contributed by atoms with Crippen molar-refractivity contribution in [3.8, 4) is 11.1 Å². The van der Waals surface area contributed by atoms with Gasteiger partial charge in [0.15, 0.2) is 5.76 Å². The van der Waals surface area contributed by atoms with Gasteiger partial charge in [-0.25, -0.2) is 9.69 Å². The van der Waals surface area contributed by atoms with Crippen molar-refractivity contribution in [1.29, 1.82) is 0 Å². The molecule has 0 aliphatic carbocycles. The van der Waals surface area contributed by atoms with Crippen molar-refractivity contribution >= 4 is 17.8 Å². The van der Waals surface area contributed by atoms with Crippen LogP contribution in [0.2, 0.25) is 0 Å². The predicted octanol–water partition coefficient (Wildman–Crippen LogP) is 4.00. The van der Waals surface area contributed by atoms with Crippen LogP contribution in [0.4, 0.5) is 4.79 Å². The molecule has 0 bridgehead atoms. The smallest absolute Gasteiger partial charge is 0.417 e. The predicted molar refractivity (Wildman–Crippen MR) is 153 cm³/mol. The highest BCUT2D eigenvalue weighted by atomic mass is 16.6. The lowest BCUT2D eigenvalue weighted by Gasteiger charge is -2.23. The Bertz CT molecular complexity index is 1340. The Hall–Kier alpha value is -3.83. The van der Waals surface area contributed by atoms with Gasteiger partial charge in [0, 0.05) is 25.7 Å². The average Bonchev–Trinajstić information content (AvgIpc) is 3.58. The fourth-order valence-electron chi connectivity index (χ4n) is 4.86. The molecule has 1 N–H and O–H groups in total. The van der Waals surface area contributed by atoms with Crippen molar-refractivity contribution in [2.24, 2.45) is 0 Å². The van der Waals surface area contributed by atoms with Gasteiger partial charge in [-0.15, -0.1) is 0 Å². The molecule has 224 valence electrons. The largest absolute Gasteiger partial charge is 0.457 e. The van der Waals surface area contributed by atoms with Crippen molar-refractivity contribution in [3.63, 3.8) is 0 Å². The van der Waals surface area contributed by atoms with Gasteiger partial charge in [-0.2, -0.15) is 0 Å². The molecule has 2 aromatic carbocycles. The van der Waals surface area contributed by atoms with Crippen LogP contribution >= 0.6 is 0 Å². The normalized spacial score (nSPS) is 15.5. The van der Waals surface area contributed by atoms with Gasteiger partial charge in [-0.1, -0.05) is 60.2 Å². The monoisotopic (exact) mass is 579 g/mol. The Labute approximate surface area is 245 Å². The molecule has 1 saturated heterocycles. The Balaban J connectivity index is 1.50. The summed E-state index contributed by atoms with van der Waals surface area (Å²) in [5.41, 5.74) is 3.58. The lowest BCUT2D eigenvalue weighted by Crippen LogP contribution is -2.48. The number of aliphatic hydroxyl groups is 1. The summed E-state index contributed by atoms with van der Waals surface area (Å²) in [5.74, 6) is -0.933. The fourth-order valence-corrected chi connectivity index (χ4v) is 4.86. The first-order valence-electron chi connectivity index (χ1n) is 14.0. The zero-order chi connectivity index (χ0) is 29.9. The number of hydrogen-bond donors (Lipinski definition) is 1. The first kappa shape index (κ1) is 31.1. The molecular formula is C32H37NO9. The van der Waals surface area contributed by atoms with Crippen LogP contribution in [0.5, 0.6) is 0 Å². The minimum absolute atomic E-state index is 0.0299. The minimum atomic E-state index is -1.58. The summed E-state index contributed by atoms with van der Waals surface area (Å²) in [5, 5.41) is 8.77. The van der Waals surface area contributed by atoms with Crippen LogP contribution in [0.25, 0.3) is 11.1 Å². The molecule has 2 amide bonds. The van der Waals surface area contributed by atoms with Gasteiger partial charge in [0.25, 0.3) is 5.91 Å². The van der Waals surface area contributed by atoms with E-state index in [4.69, 9.17) is 28.5 Å². The number of ether oxygens (including phenoxy) is 4. The zero-order valence-corrected chi connectivity index (χ0v) is 24.0. The third-order valence-corrected chi connectivity index (χ3v) is 6.89. The molecule has 4 rings (SSSR count). The fraction of sp³-hybridized carbons (Fsp3) is 0.406.